The van der Waals surface area contributed by atoms with Crippen LogP contribution in [0.4, 0.5) is 0 Å². The lowest BCUT2D eigenvalue weighted by molar-refractivity contribution is 0.280. The monoisotopic (exact) mass is 328 g/mol. The Hall–Kier alpha value is -0.830. The summed E-state index contributed by atoms with van der Waals surface area (Å²) in [6.45, 7) is 16.7. The summed E-state index contributed by atoms with van der Waals surface area (Å²) in [5.74, 6) is 0.592. The summed E-state index contributed by atoms with van der Waals surface area (Å²) >= 11 is 0. The van der Waals surface area contributed by atoms with Gasteiger partial charge in [0.05, 0.1) is 0 Å². The molecule has 0 fully saturated rings. The van der Waals surface area contributed by atoms with Crippen molar-refractivity contribution in [2.45, 2.75) is 72.1 Å². The fourth-order valence-corrected chi connectivity index (χ4v) is 3.25. The SMILES string of the molecule is CC(C)c1ccc(OP(=O)(O)O)c(C(C)(C)C)c1C(C)(C)C. The molecule has 0 aromatic heterocycles. The van der Waals surface area contributed by atoms with Crippen LogP contribution in [-0.2, 0) is 15.4 Å². The van der Waals surface area contributed by atoms with Gasteiger partial charge in [0.1, 0.15) is 5.75 Å². The molecule has 0 spiro atoms. The Labute approximate surface area is 134 Å². The Bertz CT molecular complexity index is 586. The van der Waals surface area contributed by atoms with Crippen LogP contribution in [0.25, 0.3) is 0 Å². The molecule has 0 aliphatic heterocycles. The summed E-state index contributed by atoms with van der Waals surface area (Å²) < 4.78 is 16.3. The van der Waals surface area contributed by atoms with Gasteiger partial charge in [-0.3, -0.25) is 9.79 Å². The molecule has 0 bridgehead atoms. The zero-order valence-electron chi connectivity index (χ0n) is 14.9. The maximum Gasteiger partial charge on any atom is 0.524 e. The third kappa shape index (κ3) is 4.58. The van der Waals surface area contributed by atoms with Crippen LogP contribution in [0.1, 0.15) is 78.0 Å². The van der Waals surface area contributed by atoms with Crippen LogP contribution in [0, 0.1) is 0 Å². The number of phosphoric ester groups is 1. The number of hydrogen-bond donors (Lipinski definition) is 2. The van der Waals surface area contributed by atoms with E-state index in [4.69, 9.17) is 4.52 Å². The molecule has 0 atom stereocenters. The fourth-order valence-electron chi connectivity index (χ4n) is 2.84. The first-order valence-electron chi connectivity index (χ1n) is 7.57. The molecule has 0 unspecified atom stereocenters. The molecule has 0 heterocycles. The van der Waals surface area contributed by atoms with Crippen molar-refractivity contribution in [3.8, 4) is 5.75 Å². The third-order valence-electron chi connectivity index (χ3n) is 3.54. The molecule has 0 saturated carbocycles. The summed E-state index contributed by atoms with van der Waals surface area (Å²) in [5, 5.41) is 0. The largest absolute Gasteiger partial charge is 0.524 e. The van der Waals surface area contributed by atoms with Gasteiger partial charge in [0.25, 0.3) is 0 Å². The summed E-state index contributed by atoms with van der Waals surface area (Å²) in [6, 6.07) is 3.61. The van der Waals surface area contributed by atoms with Gasteiger partial charge < -0.3 is 4.52 Å². The Morgan fingerprint density at radius 3 is 1.73 bits per heavy atom. The van der Waals surface area contributed by atoms with E-state index in [1.807, 2.05) is 26.8 Å². The molecule has 0 aliphatic carbocycles. The van der Waals surface area contributed by atoms with Gasteiger partial charge in [0, 0.05) is 5.56 Å². The number of phosphoric acid groups is 1. The van der Waals surface area contributed by atoms with E-state index in [-0.39, 0.29) is 16.6 Å². The van der Waals surface area contributed by atoms with Crippen LogP contribution >= 0.6 is 7.82 Å². The van der Waals surface area contributed by atoms with Crippen LogP contribution < -0.4 is 4.52 Å². The summed E-state index contributed by atoms with van der Waals surface area (Å²) in [4.78, 5) is 18.4. The van der Waals surface area contributed by atoms with Crippen molar-refractivity contribution < 1.29 is 18.9 Å². The third-order valence-corrected chi connectivity index (χ3v) is 3.97. The lowest BCUT2D eigenvalue weighted by Gasteiger charge is -2.35. The highest BCUT2D eigenvalue weighted by atomic mass is 31.2. The van der Waals surface area contributed by atoms with Crippen molar-refractivity contribution in [1.82, 2.24) is 0 Å². The number of benzene rings is 1. The molecule has 5 heteroatoms. The summed E-state index contributed by atoms with van der Waals surface area (Å²) in [5.41, 5.74) is 2.72. The minimum absolute atomic E-state index is 0.156. The van der Waals surface area contributed by atoms with Crippen molar-refractivity contribution in [2.75, 3.05) is 0 Å². The van der Waals surface area contributed by atoms with Crippen molar-refractivity contribution >= 4 is 7.82 Å². The van der Waals surface area contributed by atoms with Gasteiger partial charge in [0.15, 0.2) is 0 Å². The molecule has 0 saturated heterocycles. The molecule has 2 N–H and O–H groups in total. The number of hydrogen-bond acceptors (Lipinski definition) is 2. The first-order valence-corrected chi connectivity index (χ1v) is 9.10. The standard InChI is InChI=1S/C17H29O4P/c1-11(2)12-9-10-13(21-22(18,19)20)15(17(6,7)8)14(12)16(3,4)5/h9-11H,1-8H3,(H2,18,19,20). The molecule has 4 nitrogen and oxygen atoms in total. The van der Waals surface area contributed by atoms with Gasteiger partial charge >= 0.3 is 7.82 Å². The normalized spacial score (nSPS) is 13.6. The minimum atomic E-state index is -4.60. The second-order valence-electron chi connectivity index (χ2n) is 8.14. The molecular weight excluding hydrogens is 299 g/mol. The molecule has 1 aromatic carbocycles. The molecule has 1 rings (SSSR count). The Morgan fingerprint density at radius 1 is 0.955 bits per heavy atom. The van der Waals surface area contributed by atoms with E-state index in [0.717, 1.165) is 11.1 Å². The molecule has 0 amide bonds. The fraction of sp³-hybridized carbons (Fsp3) is 0.647. The first kappa shape index (κ1) is 19.2. The van der Waals surface area contributed by atoms with Crippen molar-refractivity contribution in [3.05, 3.63) is 28.8 Å². The van der Waals surface area contributed by atoms with E-state index in [9.17, 15) is 14.4 Å². The van der Waals surface area contributed by atoms with Gasteiger partial charge in [-0.2, -0.15) is 0 Å². The number of rotatable bonds is 3. The second kappa shape index (κ2) is 5.99. The lowest BCUT2D eigenvalue weighted by Crippen LogP contribution is -2.25. The van der Waals surface area contributed by atoms with E-state index < -0.39 is 7.82 Å². The van der Waals surface area contributed by atoms with E-state index >= 15 is 0 Å². The van der Waals surface area contributed by atoms with Crippen molar-refractivity contribution in [2.24, 2.45) is 0 Å². The Morgan fingerprint density at radius 2 is 1.41 bits per heavy atom. The smallest absolute Gasteiger partial charge is 0.404 e. The Kier molecular flexibility index (Phi) is 5.23. The Balaban J connectivity index is 3.81. The zero-order valence-corrected chi connectivity index (χ0v) is 15.8. The highest BCUT2D eigenvalue weighted by Gasteiger charge is 2.33. The van der Waals surface area contributed by atoms with Crippen LogP contribution in [-0.4, -0.2) is 9.79 Å². The van der Waals surface area contributed by atoms with Gasteiger partial charge in [0.2, 0.25) is 0 Å². The average Bonchev–Trinajstić information content (AvgIpc) is 2.22. The maximum absolute atomic E-state index is 11.3. The first-order chi connectivity index (χ1) is 9.64. The average molecular weight is 328 g/mol. The van der Waals surface area contributed by atoms with Crippen LogP contribution in [0.5, 0.6) is 5.75 Å². The van der Waals surface area contributed by atoms with Crippen LogP contribution in [0.2, 0.25) is 0 Å². The van der Waals surface area contributed by atoms with Crippen LogP contribution in [0.3, 0.4) is 0 Å². The maximum atomic E-state index is 11.3. The predicted octanol–water partition coefficient (Wildman–Crippen LogP) is 4.88. The van der Waals surface area contributed by atoms with Crippen LogP contribution in [0.15, 0.2) is 12.1 Å². The molecule has 22 heavy (non-hydrogen) atoms. The van der Waals surface area contributed by atoms with E-state index in [2.05, 4.69) is 34.6 Å². The van der Waals surface area contributed by atoms with Gasteiger partial charge in [-0.15, -0.1) is 0 Å². The molecule has 126 valence electrons. The minimum Gasteiger partial charge on any atom is -0.404 e. The zero-order chi connectivity index (χ0) is 17.5. The molecule has 0 radical (unpaired) electrons. The highest BCUT2D eigenvalue weighted by molar-refractivity contribution is 7.46. The predicted molar refractivity (Wildman–Crippen MR) is 90.6 cm³/mol. The second-order valence-corrected chi connectivity index (χ2v) is 9.30. The van der Waals surface area contributed by atoms with Gasteiger partial charge in [-0.1, -0.05) is 61.5 Å². The van der Waals surface area contributed by atoms with Crippen molar-refractivity contribution in [1.29, 1.82) is 0 Å². The summed E-state index contributed by atoms with van der Waals surface area (Å²) in [6.07, 6.45) is 0. The molecule has 0 aliphatic rings. The van der Waals surface area contributed by atoms with Crippen molar-refractivity contribution in [3.63, 3.8) is 0 Å². The summed E-state index contributed by atoms with van der Waals surface area (Å²) in [7, 11) is -4.60. The van der Waals surface area contributed by atoms with E-state index in [0.29, 0.717) is 5.92 Å². The van der Waals surface area contributed by atoms with Gasteiger partial charge in [-0.05, 0) is 33.9 Å². The quantitative estimate of drug-likeness (QED) is 0.776. The van der Waals surface area contributed by atoms with E-state index in [1.54, 1.807) is 6.07 Å². The van der Waals surface area contributed by atoms with E-state index in [1.165, 1.54) is 5.56 Å². The molecular formula is C17H29O4P. The highest BCUT2D eigenvalue weighted by Crippen LogP contribution is 2.48. The van der Waals surface area contributed by atoms with Gasteiger partial charge in [-0.25, -0.2) is 4.57 Å². The molecule has 1 aromatic rings. The topological polar surface area (TPSA) is 66.8 Å². The lowest BCUT2D eigenvalue weighted by atomic mass is 9.71.